The minimum Gasteiger partial charge on any atom is -0.283 e. The standard InChI is InChI=1S/C10H15ClN2O2S/c1-8(2)4-6-16(14,15)13-9-3-5-12-10(11)7-9/h3,5,7-8H,4,6H2,1-2H3,(H,12,13). The highest BCUT2D eigenvalue weighted by atomic mass is 35.5. The van der Waals surface area contributed by atoms with E-state index in [0.29, 0.717) is 18.0 Å². The first-order valence-corrected chi connectivity index (χ1v) is 7.04. The summed E-state index contributed by atoms with van der Waals surface area (Å²) < 4.78 is 25.7. The second kappa shape index (κ2) is 5.50. The number of pyridine rings is 1. The van der Waals surface area contributed by atoms with Gasteiger partial charge < -0.3 is 0 Å². The Morgan fingerprint density at radius 2 is 2.19 bits per heavy atom. The maximum Gasteiger partial charge on any atom is 0.232 e. The van der Waals surface area contributed by atoms with Crippen molar-refractivity contribution in [3.63, 3.8) is 0 Å². The quantitative estimate of drug-likeness (QED) is 0.830. The number of nitrogens with one attached hydrogen (secondary N) is 1. The van der Waals surface area contributed by atoms with E-state index in [2.05, 4.69) is 9.71 Å². The molecule has 0 bridgehead atoms. The predicted octanol–water partition coefficient (Wildman–Crippen LogP) is 2.52. The molecule has 0 aliphatic carbocycles. The highest BCUT2D eigenvalue weighted by Crippen LogP contribution is 2.14. The maximum atomic E-state index is 11.6. The summed E-state index contributed by atoms with van der Waals surface area (Å²) in [6.07, 6.45) is 2.09. The molecule has 6 heteroatoms. The van der Waals surface area contributed by atoms with Crippen molar-refractivity contribution in [1.29, 1.82) is 0 Å². The third kappa shape index (κ3) is 4.81. The second-order valence-electron chi connectivity index (χ2n) is 3.97. The van der Waals surface area contributed by atoms with Crippen molar-refractivity contribution >= 4 is 27.3 Å². The van der Waals surface area contributed by atoms with Crippen LogP contribution >= 0.6 is 11.6 Å². The summed E-state index contributed by atoms with van der Waals surface area (Å²) in [6.45, 7) is 3.97. The fraction of sp³-hybridized carbons (Fsp3) is 0.500. The summed E-state index contributed by atoms with van der Waals surface area (Å²) in [4.78, 5) is 3.77. The van der Waals surface area contributed by atoms with E-state index in [-0.39, 0.29) is 10.9 Å². The van der Waals surface area contributed by atoms with E-state index in [0.717, 1.165) is 0 Å². The summed E-state index contributed by atoms with van der Waals surface area (Å²) in [5, 5.41) is 0.268. The van der Waals surface area contributed by atoms with Crippen LogP contribution in [0.4, 0.5) is 5.69 Å². The van der Waals surface area contributed by atoms with Crippen LogP contribution in [0.25, 0.3) is 0 Å². The number of hydrogen-bond acceptors (Lipinski definition) is 3. The molecule has 0 spiro atoms. The van der Waals surface area contributed by atoms with Crippen molar-refractivity contribution < 1.29 is 8.42 Å². The molecule has 0 aliphatic heterocycles. The number of anilines is 1. The Balaban J connectivity index is 2.66. The Kier molecular flexibility index (Phi) is 4.56. The van der Waals surface area contributed by atoms with E-state index < -0.39 is 10.0 Å². The zero-order chi connectivity index (χ0) is 12.2. The second-order valence-corrected chi connectivity index (χ2v) is 6.20. The summed E-state index contributed by atoms with van der Waals surface area (Å²) in [5.41, 5.74) is 0.448. The van der Waals surface area contributed by atoms with Gasteiger partial charge in [-0.1, -0.05) is 25.4 Å². The highest BCUT2D eigenvalue weighted by Gasteiger charge is 2.11. The van der Waals surface area contributed by atoms with Crippen molar-refractivity contribution in [2.75, 3.05) is 10.5 Å². The molecule has 0 unspecified atom stereocenters. The Morgan fingerprint density at radius 1 is 1.50 bits per heavy atom. The lowest BCUT2D eigenvalue weighted by Gasteiger charge is -2.09. The molecule has 1 aromatic rings. The normalized spacial score (nSPS) is 11.8. The number of nitrogens with zero attached hydrogens (tertiary/aromatic N) is 1. The number of halogens is 1. The zero-order valence-corrected chi connectivity index (χ0v) is 10.8. The molecule has 1 rings (SSSR count). The summed E-state index contributed by atoms with van der Waals surface area (Å²) in [5.74, 6) is 0.475. The van der Waals surface area contributed by atoms with Gasteiger partial charge in [-0.25, -0.2) is 13.4 Å². The van der Waals surface area contributed by atoms with Crippen LogP contribution in [0, 0.1) is 5.92 Å². The van der Waals surface area contributed by atoms with Crippen molar-refractivity contribution in [2.45, 2.75) is 20.3 Å². The van der Waals surface area contributed by atoms with Gasteiger partial charge in [0.25, 0.3) is 0 Å². The molecule has 0 aliphatic rings. The van der Waals surface area contributed by atoms with Gasteiger partial charge in [-0.3, -0.25) is 4.72 Å². The minimum absolute atomic E-state index is 0.116. The Bertz CT molecular complexity index is 446. The zero-order valence-electron chi connectivity index (χ0n) is 9.27. The Labute approximate surface area is 101 Å². The van der Waals surface area contributed by atoms with Gasteiger partial charge in [0, 0.05) is 6.20 Å². The van der Waals surface area contributed by atoms with E-state index in [1.54, 1.807) is 6.07 Å². The molecule has 0 radical (unpaired) electrons. The fourth-order valence-corrected chi connectivity index (χ4v) is 2.63. The number of rotatable bonds is 5. The summed E-state index contributed by atoms with van der Waals surface area (Å²) in [6, 6.07) is 3.05. The largest absolute Gasteiger partial charge is 0.283 e. The molecule has 90 valence electrons. The topological polar surface area (TPSA) is 59.1 Å². The van der Waals surface area contributed by atoms with Crippen molar-refractivity contribution in [3.05, 3.63) is 23.5 Å². The number of sulfonamides is 1. The van der Waals surface area contributed by atoms with Crippen LogP contribution < -0.4 is 4.72 Å². The molecule has 1 aromatic heterocycles. The van der Waals surface area contributed by atoms with Crippen molar-refractivity contribution in [3.8, 4) is 0 Å². The molecule has 16 heavy (non-hydrogen) atoms. The van der Waals surface area contributed by atoms with Crippen LogP contribution in [-0.4, -0.2) is 19.2 Å². The van der Waals surface area contributed by atoms with E-state index in [4.69, 9.17) is 11.6 Å². The van der Waals surface area contributed by atoms with E-state index in [1.165, 1.54) is 12.3 Å². The molecule has 0 saturated carbocycles. The molecule has 0 aromatic carbocycles. The van der Waals surface area contributed by atoms with Crippen molar-refractivity contribution in [2.24, 2.45) is 5.92 Å². The van der Waals surface area contributed by atoms with E-state index in [1.807, 2.05) is 13.8 Å². The molecular weight excluding hydrogens is 248 g/mol. The van der Waals surface area contributed by atoms with E-state index in [9.17, 15) is 8.42 Å². The first kappa shape index (κ1) is 13.3. The van der Waals surface area contributed by atoms with Crippen LogP contribution in [0.5, 0.6) is 0 Å². The lowest BCUT2D eigenvalue weighted by molar-refractivity contribution is 0.578. The van der Waals surface area contributed by atoms with Gasteiger partial charge in [0.1, 0.15) is 5.15 Å². The lowest BCUT2D eigenvalue weighted by Crippen LogP contribution is -2.17. The molecule has 4 nitrogen and oxygen atoms in total. The minimum atomic E-state index is -3.28. The molecule has 0 saturated heterocycles. The highest BCUT2D eigenvalue weighted by molar-refractivity contribution is 7.92. The molecule has 1 N–H and O–H groups in total. The molecule has 0 atom stereocenters. The Morgan fingerprint density at radius 3 is 2.75 bits per heavy atom. The monoisotopic (exact) mass is 262 g/mol. The third-order valence-electron chi connectivity index (χ3n) is 1.96. The van der Waals surface area contributed by atoms with Crippen molar-refractivity contribution in [1.82, 2.24) is 4.98 Å². The van der Waals surface area contributed by atoms with Crippen LogP contribution in [-0.2, 0) is 10.0 Å². The van der Waals surface area contributed by atoms with Gasteiger partial charge in [0.2, 0.25) is 10.0 Å². The predicted molar refractivity (Wildman–Crippen MR) is 66.1 cm³/mol. The third-order valence-corrected chi connectivity index (χ3v) is 3.49. The van der Waals surface area contributed by atoms with E-state index >= 15 is 0 Å². The average molecular weight is 263 g/mol. The number of aromatic nitrogens is 1. The maximum absolute atomic E-state index is 11.6. The first-order valence-electron chi connectivity index (χ1n) is 5.01. The van der Waals surface area contributed by atoms with Crippen LogP contribution in [0.1, 0.15) is 20.3 Å². The molecule has 1 heterocycles. The SMILES string of the molecule is CC(C)CCS(=O)(=O)Nc1ccnc(Cl)c1. The van der Waals surface area contributed by atoms with Gasteiger partial charge in [0.05, 0.1) is 11.4 Å². The van der Waals surface area contributed by atoms with Crippen LogP contribution in [0.15, 0.2) is 18.3 Å². The molecule has 0 fully saturated rings. The molecular formula is C10H15ClN2O2S. The van der Waals surface area contributed by atoms with Crippen LogP contribution in [0.3, 0.4) is 0 Å². The van der Waals surface area contributed by atoms with Gasteiger partial charge >= 0.3 is 0 Å². The van der Waals surface area contributed by atoms with Gasteiger partial charge in [-0.2, -0.15) is 0 Å². The molecule has 0 amide bonds. The fourth-order valence-electron chi connectivity index (χ4n) is 1.09. The van der Waals surface area contributed by atoms with Gasteiger partial charge in [-0.15, -0.1) is 0 Å². The smallest absolute Gasteiger partial charge is 0.232 e. The summed E-state index contributed by atoms with van der Waals surface area (Å²) in [7, 11) is -3.28. The van der Waals surface area contributed by atoms with Crippen LogP contribution in [0.2, 0.25) is 5.15 Å². The number of hydrogen-bond donors (Lipinski definition) is 1. The summed E-state index contributed by atoms with van der Waals surface area (Å²) >= 11 is 5.66. The Hall–Kier alpha value is -0.810. The van der Waals surface area contributed by atoms with Gasteiger partial charge in [0.15, 0.2) is 0 Å². The first-order chi connectivity index (χ1) is 7.39. The lowest BCUT2D eigenvalue weighted by atomic mass is 10.2. The van der Waals surface area contributed by atoms with Gasteiger partial charge in [-0.05, 0) is 24.5 Å². The average Bonchev–Trinajstić information content (AvgIpc) is 2.14.